The van der Waals surface area contributed by atoms with Crippen LogP contribution in [0.5, 0.6) is 0 Å². The van der Waals surface area contributed by atoms with E-state index in [1.807, 2.05) is 6.07 Å². The quantitative estimate of drug-likeness (QED) is 0.794. The van der Waals surface area contributed by atoms with Gasteiger partial charge in [0.2, 0.25) is 0 Å². The highest BCUT2D eigenvalue weighted by molar-refractivity contribution is 7.84. The fraction of sp³-hybridized carbons (Fsp3) is 0.588. The first kappa shape index (κ1) is 17.9. The van der Waals surface area contributed by atoms with Gasteiger partial charge in [-0.25, -0.2) is 4.79 Å². The van der Waals surface area contributed by atoms with Gasteiger partial charge in [-0.15, -0.1) is 0 Å². The van der Waals surface area contributed by atoms with E-state index in [2.05, 4.69) is 39.8 Å². The van der Waals surface area contributed by atoms with Crippen LogP contribution in [-0.4, -0.2) is 53.3 Å². The van der Waals surface area contributed by atoms with Crippen molar-refractivity contribution in [2.24, 2.45) is 5.92 Å². The van der Waals surface area contributed by atoms with E-state index in [0.29, 0.717) is 24.8 Å². The highest BCUT2D eigenvalue weighted by Gasteiger charge is 2.20. The van der Waals surface area contributed by atoms with Crippen LogP contribution < -0.4 is 10.6 Å². The Hall–Kier alpha value is -1.40. The Balaban J connectivity index is 1.67. The lowest BCUT2D eigenvalue weighted by molar-refractivity contribution is 0.165. The fourth-order valence-electron chi connectivity index (χ4n) is 2.91. The molecule has 0 aliphatic carbocycles. The van der Waals surface area contributed by atoms with Crippen molar-refractivity contribution >= 4 is 16.8 Å². The zero-order valence-electron chi connectivity index (χ0n) is 13.8. The van der Waals surface area contributed by atoms with Crippen molar-refractivity contribution in [3.63, 3.8) is 0 Å². The number of rotatable bonds is 7. The maximum atomic E-state index is 11.7. The van der Waals surface area contributed by atoms with E-state index < -0.39 is 10.8 Å². The third-order valence-electron chi connectivity index (χ3n) is 4.08. The van der Waals surface area contributed by atoms with Gasteiger partial charge in [-0.2, -0.15) is 0 Å². The lowest BCUT2D eigenvalue weighted by Crippen LogP contribution is -2.44. The number of urea groups is 1. The molecule has 1 heterocycles. The Bertz CT molecular complexity index is 510. The van der Waals surface area contributed by atoms with Gasteiger partial charge in [0, 0.05) is 49.0 Å². The number of amides is 2. The van der Waals surface area contributed by atoms with Crippen LogP contribution in [0.3, 0.4) is 0 Å². The molecule has 2 atom stereocenters. The molecule has 128 valence electrons. The van der Waals surface area contributed by atoms with Gasteiger partial charge in [0.05, 0.1) is 0 Å². The molecule has 0 aromatic heterocycles. The topological polar surface area (TPSA) is 61.4 Å². The summed E-state index contributed by atoms with van der Waals surface area (Å²) in [5.41, 5.74) is 1.34. The molecule has 0 radical (unpaired) electrons. The van der Waals surface area contributed by atoms with E-state index in [1.54, 1.807) is 6.26 Å². The molecule has 2 amide bonds. The molecular weight excluding hydrogens is 310 g/mol. The summed E-state index contributed by atoms with van der Waals surface area (Å²) in [5.74, 6) is 1.00. The van der Waals surface area contributed by atoms with E-state index in [4.69, 9.17) is 0 Å². The summed E-state index contributed by atoms with van der Waals surface area (Å²) >= 11 is 0. The first-order valence-corrected chi connectivity index (χ1v) is 9.94. The van der Waals surface area contributed by atoms with Crippen molar-refractivity contribution < 1.29 is 9.00 Å². The van der Waals surface area contributed by atoms with Crippen molar-refractivity contribution in [3.05, 3.63) is 35.9 Å². The van der Waals surface area contributed by atoms with Crippen LogP contribution in [-0.2, 0) is 17.3 Å². The Morgan fingerprint density at radius 2 is 2.09 bits per heavy atom. The van der Waals surface area contributed by atoms with E-state index >= 15 is 0 Å². The third-order valence-corrected chi connectivity index (χ3v) is 4.86. The van der Waals surface area contributed by atoms with E-state index in [-0.39, 0.29) is 6.03 Å². The average molecular weight is 337 g/mol. The number of nitrogens with one attached hydrogen (secondary N) is 2. The van der Waals surface area contributed by atoms with Crippen LogP contribution in [0.2, 0.25) is 0 Å². The summed E-state index contributed by atoms with van der Waals surface area (Å²) in [7, 11) is -0.864. The molecule has 2 rings (SSSR count). The summed E-state index contributed by atoms with van der Waals surface area (Å²) in [4.78, 5) is 14.2. The molecule has 0 unspecified atom stereocenters. The van der Waals surface area contributed by atoms with E-state index in [1.165, 1.54) is 12.0 Å². The van der Waals surface area contributed by atoms with Gasteiger partial charge >= 0.3 is 6.03 Å². The molecule has 1 fully saturated rings. The summed E-state index contributed by atoms with van der Waals surface area (Å²) in [6.07, 6.45) is 3.98. The predicted octanol–water partition coefficient (Wildman–Crippen LogP) is 1.58. The Morgan fingerprint density at radius 3 is 2.83 bits per heavy atom. The Kier molecular flexibility index (Phi) is 7.55. The number of hydrogen-bond donors (Lipinski definition) is 2. The molecule has 1 saturated heterocycles. The van der Waals surface area contributed by atoms with Crippen LogP contribution in [0.15, 0.2) is 30.3 Å². The average Bonchev–Trinajstić information content (AvgIpc) is 2.54. The maximum absolute atomic E-state index is 11.7. The summed E-state index contributed by atoms with van der Waals surface area (Å²) in [6, 6.07) is 10.4. The third kappa shape index (κ3) is 7.14. The van der Waals surface area contributed by atoms with Crippen LogP contribution in [0, 0.1) is 5.92 Å². The minimum atomic E-state index is -0.864. The van der Waals surface area contributed by atoms with Crippen molar-refractivity contribution in [3.8, 4) is 0 Å². The standard InChI is InChI=1S/C17H27N3O2S/c1-23(22)11-9-18-17(21)19-12-16-8-5-10-20(14-16)13-15-6-3-2-4-7-15/h2-4,6-7,16H,5,8-14H2,1H3,(H2,18,19,21)/t16-,23+/m0/s1. The summed E-state index contributed by atoms with van der Waals surface area (Å²) in [6.45, 7) is 4.28. The number of carbonyl (C=O) groups excluding carboxylic acids is 1. The normalized spacial score (nSPS) is 20.0. The van der Waals surface area contributed by atoms with Gasteiger partial charge in [0.15, 0.2) is 0 Å². The molecular formula is C17H27N3O2S. The van der Waals surface area contributed by atoms with Crippen LogP contribution in [0.4, 0.5) is 4.79 Å². The van der Waals surface area contributed by atoms with Crippen molar-refractivity contribution in [2.45, 2.75) is 19.4 Å². The number of carbonyl (C=O) groups is 1. The fourth-order valence-corrected chi connectivity index (χ4v) is 3.30. The molecule has 0 saturated carbocycles. The largest absolute Gasteiger partial charge is 0.338 e. The summed E-state index contributed by atoms with van der Waals surface area (Å²) in [5, 5.41) is 5.68. The lowest BCUT2D eigenvalue weighted by atomic mass is 9.97. The maximum Gasteiger partial charge on any atom is 0.314 e. The second kappa shape index (κ2) is 9.67. The number of hydrogen-bond acceptors (Lipinski definition) is 3. The first-order valence-electron chi connectivity index (χ1n) is 8.21. The molecule has 23 heavy (non-hydrogen) atoms. The van der Waals surface area contributed by atoms with Crippen molar-refractivity contribution in [2.75, 3.05) is 38.2 Å². The molecule has 1 aliphatic rings. The molecule has 0 bridgehead atoms. The second-order valence-corrected chi connectivity index (χ2v) is 7.70. The SMILES string of the molecule is C[S@@](=O)CCNC(=O)NC[C@@H]1CCCN(Cc2ccccc2)C1. The smallest absolute Gasteiger partial charge is 0.314 e. The Labute approximate surface area is 141 Å². The molecule has 1 aromatic carbocycles. The molecule has 0 spiro atoms. The first-order chi connectivity index (χ1) is 11.1. The zero-order valence-corrected chi connectivity index (χ0v) is 14.6. The van der Waals surface area contributed by atoms with Crippen molar-refractivity contribution in [1.82, 2.24) is 15.5 Å². The summed E-state index contributed by atoms with van der Waals surface area (Å²) < 4.78 is 11.0. The zero-order chi connectivity index (χ0) is 16.5. The van der Waals surface area contributed by atoms with E-state index in [0.717, 1.165) is 26.1 Å². The van der Waals surface area contributed by atoms with Crippen molar-refractivity contribution in [1.29, 1.82) is 0 Å². The molecule has 5 nitrogen and oxygen atoms in total. The van der Waals surface area contributed by atoms with E-state index in [9.17, 15) is 9.00 Å². The Morgan fingerprint density at radius 1 is 1.30 bits per heavy atom. The van der Waals surface area contributed by atoms with Crippen LogP contribution >= 0.6 is 0 Å². The number of likely N-dealkylation sites (tertiary alicyclic amines) is 1. The predicted molar refractivity (Wildman–Crippen MR) is 94.8 cm³/mol. The molecule has 1 aromatic rings. The second-order valence-electron chi connectivity index (χ2n) is 6.14. The van der Waals surface area contributed by atoms with Crippen LogP contribution in [0.25, 0.3) is 0 Å². The molecule has 6 heteroatoms. The number of piperidine rings is 1. The highest BCUT2D eigenvalue weighted by atomic mass is 32.2. The number of benzene rings is 1. The minimum absolute atomic E-state index is 0.157. The van der Waals surface area contributed by atoms with Gasteiger partial charge in [0.25, 0.3) is 0 Å². The minimum Gasteiger partial charge on any atom is -0.338 e. The van der Waals surface area contributed by atoms with Gasteiger partial charge in [-0.05, 0) is 30.9 Å². The van der Waals surface area contributed by atoms with Gasteiger partial charge < -0.3 is 10.6 Å². The highest BCUT2D eigenvalue weighted by Crippen LogP contribution is 2.17. The van der Waals surface area contributed by atoms with Gasteiger partial charge in [-0.1, -0.05) is 30.3 Å². The molecule has 2 N–H and O–H groups in total. The van der Waals surface area contributed by atoms with Gasteiger partial charge in [0.1, 0.15) is 0 Å². The number of nitrogens with zero attached hydrogens (tertiary/aromatic N) is 1. The van der Waals surface area contributed by atoms with Crippen LogP contribution in [0.1, 0.15) is 18.4 Å². The monoisotopic (exact) mass is 337 g/mol. The van der Waals surface area contributed by atoms with Gasteiger partial charge in [-0.3, -0.25) is 9.11 Å². The molecule has 1 aliphatic heterocycles. The lowest BCUT2D eigenvalue weighted by Gasteiger charge is -2.32.